The first-order valence-corrected chi connectivity index (χ1v) is 4.32. The summed E-state index contributed by atoms with van der Waals surface area (Å²) >= 11 is 5.94. The van der Waals surface area contributed by atoms with Gasteiger partial charge in [-0.2, -0.15) is 0 Å². The Labute approximate surface area is 75.8 Å². The Kier molecular flexibility index (Phi) is 1.77. The predicted octanol–water partition coefficient (Wildman–Crippen LogP) is 2.55. The third kappa shape index (κ3) is 0.994. The number of imidazole rings is 1. The Bertz CT molecular complexity index is 406. The van der Waals surface area contributed by atoms with E-state index in [1.54, 1.807) is 0 Å². The van der Waals surface area contributed by atoms with Crippen LogP contribution in [0, 0.1) is 0 Å². The van der Waals surface area contributed by atoms with Crippen molar-refractivity contribution < 1.29 is 0 Å². The first kappa shape index (κ1) is 7.62. The number of halogens is 1. The normalized spacial score (nSPS) is 10.8. The van der Waals surface area contributed by atoms with Gasteiger partial charge < -0.3 is 4.40 Å². The SMILES string of the molecule is CCc1c(Cl)nc2ccccn12. The van der Waals surface area contributed by atoms with Gasteiger partial charge in [0.15, 0.2) is 5.15 Å². The molecule has 0 saturated heterocycles. The average Bonchev–Trinajstić information content (AvgIpc) is 2.40. The van der Waals surface area contributed by atoms with Gasteiger partial charge in [-0.1, -0.05) is 24.6 Å². The van der Waals surface area contributed by atoms with Crippen molar-refractivity contribution in [3.63, 3.8) is 0 Å². The maximum absolute atomic E-state index is 5.94. The van der Waals surface area contributed by atoms with Gasteiger partial charge in [0, 0.05) is 6.20 Å². The minimum absolute atomic E-state index is 0.615. The third-order valence-electron chi connectivity index (χ3n) is 1.91. The molecule has 12 heavy (non-hydrogen) atoms. The highest BCUT2D eigenvalue weighted by Crippen LogP contribution is 2.17. The lowest BCUT2D eigenvalue weighted by Gasteiger charge is -1.95. The lowest BCUT2D eigenvalue weighted by atomic mass is 10.3. The number of rotatable bonds is 1. The summed E-state index contributed by atoms with van der Waals surface area (Å²) in [4.78, 5) is 4.21. The first-order chi connectivity index (χ1) is 5.83. The molecular weight excluding hydrogens is 172 g/mol. The van der Waals surface area contributed by atoms with Crippen LogP contribution < -0.4 is 0 Å². The summed E-state index contributed by atoms with van der Waals surface area (Å²) in [6.07, 6.45) is 2.89. The lowest BCUT2D eigenvalue weighted by Crippen LogP contribution is -1.89. The molecule has 0 aliphatic heterocycles. The summed E-state index contributed by atoms with van der Waals surface area (Å²) in [6, 6.07) is 5.88. The van der Waals surface area contributed by atoms with Gasteiger partial charge in [0.25, 0.3) is 0 Å². The van der Waals surface area contributed by atoms with Gasteiger partial charge in [-0.25, -0.2) is 4.98 Å². The lowest BCUT2D eigenvalue weighted by molar-refractivity contribution is 0.995. The Morgan fingerprint density at radius 2 is 2.33 bits per heavy atom. The molecule has 0 bridgehead atoms. The molecule has 0 amide bonds. The highest BCUT2D eigenvalue weighted by atomic mass is 35.5. The van der Waals surface area contributed by atoms with Crippen LogP contribution in [0.15, 0.2) is 24.4 Å². The zero-order valence-electron chi connectivity index (χ0n) is 6.79. The Hall–Kier alpha value is -1.02. The highest BCUT2D eigenvalue weighted by molar-refractivity contribution is 6.30. The van der Waals surface area contributed by atoms with E-state index in [1.807, 2.05) is 28.8 Å². The van der Waals surface area contributed by atoms with E-state index in [1.165, 1.54) is 0 Å². The summed E-state index contributed by atoms with van der Waals surface area (Å²) in [5.74, 6) is 0. The number of hydrogen-bond acceptors (Lipinski definition) is 1. The molecule has 0 saturated carbocycles. The molecule has 0 aromatic carbocycles. The highest BCUT2D eigenvalue weighted by Gasteiger charge is 2.05. The molecule has 62 valence electrons. The van der Waals surface area contributed by atoms with Crippen LogP contribution in [0.5, 0.6) is 0 Å². The van der Waals surface area contributed by atoms with Crippen molar-refractivity contribution in [2.45, 2.75) is 13.3 Å². The molecule has 3 heteroatoms. The minimum atomic E-state index is 0.615. The number of aryl methyl sites for hydroxylation is 1. The summed E-state index contributed by atoms with van der Waals surface area (Å²) in [5, 5.41) is 0.615. The van der Waals surface area contributed by atoms with Crippen LogP contribution in [0.25, 0.3) is 5.65 Å². The van der Waals surface area contributed by atoms with E-state index >= 15 is 0 Å². The molecular formula is C9H9ClN2. The van der Waals surface area contributed by atoms with E-state index in [-0.39, 0.29) is 0 Å². The standard InChI is InChI=1S/C9H9ClN2/c1-2-7-9(10)11-8-5-3-4-6-12(7)8/h3-6H,2H2,1H3. The van der Waals surface area contributed by atoms with Crippen LogP contribution in [-0.4, -0.2) is 9.38 Å². The molecule has 2 aromatic heterocycles. The second-order valence-corrected chi connectivity index (χ2v) is 2.99. The fourth-order valence-electron chi connectivity index (χ4n) is 1.33. The molecule has 2 nitrogen and oxygen atoms in total. The fraction of sp³-hybridized carbons (Fsp3) is 0.222. The monoisotopic (exact) mass is 180 g/mol. The van der Waals surface area contributed by atoms with Gasteiger partial charge in [0.2, 0.25) is 0 Å². The van der Waals surface area contributed by atoms with Crippen LogP contribution in [0.3, 0.4) is 0 Å². The zero-order chi connectivity index (χ0) is 8.55. The number of pyridine rings is 1. The summed E-state index contributed by atoms with van der Waals surface area (Å²) in [5.41, 5.74) is 1.99. The van der Waals surface area contributed by atoms with E-state index in [2.05, 4.69) is 11.9 Å². The zero-order valence-corrected chi connectivity index (χ0v) is 7.54. The number of aromatic nitrogens is 2. The molecule has 2 aromatic rings. The molecule has 0 atom stereocenters. The smallest absolute Gasteiger partial charge is 0.151 e. The summed E-state index contributed by atoms with van der Waals surface area (Å²) < 4.78 is 2.02. The van der Waals surface area contributed by atoms with Crippen LogP contribution in [0.2, 0.25) is 5.15 Å². The van der Waals surface area contributed by atoms with E-state index in [0.717, 1.165) is 17.8 Å². The molecule has 0 fully saturated rings. The van der Waals surface area contributed by atoms with Gasteiger partial charge >= 0.3 is 0 Å². The van der Waals surface area contributed by atoms with Gasteiger partial charge in [0.1, 0.15) is 5.65 Å². The number of hydrogen-bond donors (Lipinski definition) is 0. The summed E-state index contributed by atoms with van der Waals surface area (Å²) in [7, 11) is 0. The molecule has 0 spiro atoms. The van der Waals surface area contributed by atoms with Gasteiger partial charge in [-0.05, 0) is 18.6 Å². The molecule has 2 heterocycles. The topological polar surface area (TPSA) is 17.3 Å². The molecule has 0 radical (unpaired) electrons. The first-order valence-electron chi connectivity index (χ1n) is 3.94. The maximum Gasteiger partial charge on any atom is 0.151 e. The fourth-order valence-corrected chi connectivity index (χ4v) is 1.65. The largest absolute Gasteiger partial charge is 0.303 e. The number of nitrogens with zero attached hydrogens (tertiary/aromatic N) is 2. The molecule has 2 rings (SSSR count). The Morgan fingerprint density at radius 3 is 3.08 bits per heavy atom. The van der Waals surface area contributed by atoms with Crippen molar-refractivity contribution in [1.82, 2.24) is 9.38 Å². The van der Waals surface area contributed by atoms with Crippen LogP contribution in [-0.2, 0) is 6.42 Å². The average molecular weight is 181 g/mol. The quantitative estimate of drug-likeness (QED) is 0.660. The molecule has 0 unspecified atom stereocenters. The Morgan fingerprint density at radius 1 is 1.50 bits per heavy atom. The minimum Gasteiger partial charge on any atom is -0.303 e. The van der Waals surface area contributed by atoms with Gasteiger partial charge in [-0.15, -0.1) is 0 Å². The van der Waals surface area contributed by atoms with Crippen LogP contribution in [0.1, 0.15) is 12.6 Å². The van der Waals surface area contributed by atoms with E-state index in [9.17, 15) is 0 Å². The van der Waals surface area contributed by atoms with E-state index < -0.39 is 0 Å². The van der Waals surface area contributed by atoms with Crippen LogP contribution >= 0.6 is 11.6 Å². The van der Waals surface area contributed by atoms with E-state index in [0.29, 0.717) is 5.15 Å². The van der Waals surface area contributed by atoms with Crippen molar-refractivity contribution in [2.24, 2.45) is 0 Å². The van der Waals surface area contributed by atoms with E-state index in [4.69, 9.17) is 11.6 Å². The van der Waals surface area contributed by atoms with Crippen molar-refractivity contribution in [1.29, 1.82) is 0 Å². The van der Waals surface area contributed by atoms with Gasteiger partial charge in [-0.3, -0.25) is 0 Å². The van der Waals surface area contributed by atoms with Crippen LogP contribution in [0.4, 0.5) is 0 Å². The second kappa shape index (κ2) is 2.79. The van der Waals surface area contributed by atoms with Crippen molar-refractivity contribution in [2.75, 3.05) is 0 Å². The maximum atomic E-state index is 5.94. The van der Waals surface area contributed by atoms with Crippen molar-refractivity contribution in [3.8, 4) is 0 Å². The summed E-state index contributed by atoms with van der Waals surface area (Å²) in [6.45, 7) is 2.07. The second-order valence-electron chi connectivity index (χ2n) is 2.63. The Balaban J connectivity index is 2.81. The number of fused-ring (bicyclic) bond motifs is 1. The predicted molar refractivity (Wildman–Crippen MR) is 49.6 cm³/mol. The molecule has 0 aliphatic carbocycles. The van der Waals surface area contributed by atoms with Crippen molar-refractivity contribution in [3.05, 3.63) is 35.2 Å². The molecule has 0 N–H and O–H groups in total. The van der Waals surface area contributed by atoms with Crippen molar-refractivity contribution >= 4 is 17.2 Å². The third-order valence-corrected chi connectivity index (χ3v) is 2.22. The van der Waals surface area contributed by atoms with Gasteiger partial charge in [0.05, 0.1) is 5.69 Å². The molecule has 0 aliphatic rings.